The lowest BCUT2D eigenvalue weighted by atomic mass is 9.86. The third-order valence-electron chi connectivity index (χ3n) is 4.10. The van der Waals surface area contributed by atoms with E-state index in [4.69, 9.17) is 5.73 Å². The number of nitrogens with zero attached hydrogens (tertiary/aromatic N) is 5. The molecule has 2 fully saturated rings. The van der Waals surface area contributed by atoms with Gasteiger partial charge in [0.2, 0.25) is 5.95 Å². The highest BCUT2D eigenvalue weighted by molar-refractivity contribution is 5.45. The molecule has 0 amide bonds. The van der Waals surface area contributed by atoms with Gasteiger partial charge in [0.15, 0.2) is 0 Å². The van der Waals surface area contributed by atoms with Gasteiger partial charge >= 0.3 is 0 Å². The van der Waals surface area contributed by atoms with Crippen LogP contribution < -0.4 is 10.6 Å². The number of tetrazole rings is 1. The molecule has 2 heterocycles. The van der Waals surface area contributed by atoms with Gasteiger partial charge in [-0.25, -0.2) is 0 Å². The normalized spacial score (nSPS) is 21.2. The molecule has 0 radical (unpaired) electrons. The maximum absolute atomic E-state index is 6.37. The number of hydrogen-bond donors (Lipinski definition) is 1. The minimum atomic E-state index is -0.0204. The molecule has 1 saturated heterocycles. The van der Waals surface area contributed by atoms with Gasteiger partial charge in [-0.05, 0) is 41.3 Å². The monoisotopic (exact) mass is 256 g/mol. The first-order chi connectivity index (χ1) is 9.26. The Balaban J connectivity index is 1.59. The van der Waals surface area contributed by atoms with Gasteiger partial charge in [0.05, 0.1) is 11.2 Å². The highest BCUT2D eigenvalue weighted by Crippen LogP contribution is 2.43. The van der Waals surface area contributed by atoms with Crippen molar-refractivity contribution in [1.82, 2.24) is 20.2 Å². The first-order valence-corrected chi connectivity index (χ1v) is 6.64. The minimum Gasteiger partial charge on any atom is -0.336 e. The molecule has 1 aromatic heterocycles. The van der Waals surface area contributed by atoms with Gasteiger partial charge in [-0.3, -0.25) is 0 Å². The number of benzene rings is 1. The van der Waals surface area contributed by atoms with Crippen LogP contribution >= 0.6 is 0 Å². The molecule has 19 heavy (non-hydrogen) atoms. The standard InChI is InChI=1S/C13H16N6/c14-13(10-6-7-10)8-18(9-13)12-15-16-17-19(12)11-4-2-1-3-5-11/h1-5,10H,6-9,14H2. The molecule has 98 valence electrons. The van der Waals surface area contributed by atoms with E-state index < -0.39 is 0 Å². The molecule has 1 aliphatic carbocycles. The summed E-state index contributed by atoms with van der Waals surface area (Å²) < 4.78 is 1.77. The van der Waals surface area contributed by atoms with Crippen LogP contribution in [0.15, 0.2) is 30.3 Å². The molecule has 2 N–H and O–H groups in total. The van der Waals surface area contributed by atoms with E-state index in [1.165, 1.54) is 12.8 Å². The van der Waals surface area contributed by atoms with Gasteiger partial charge in [-0.2, -0.15) is 4.68 Å². The molecule has 2 aromatic rings. The van der Waals surface area contributed by atoms with Crippen molar-refractivity contribution in [3.63, 3.8) is 0 Å². The zero-order valence-electron chi connectivity index (χ0n) is 10.6. The van der Waals surface area contributed by atoms with E-state index >= 15 is 0 Å². The summed E-state index contributed by atoms with van der Waals surface area (Å²) in [6, 6.07) is 9.93. The van der Waals surface area contributed by atoms with Crippen LogP contribution in [0, 0.1) is 5.92 Å². The van der Waals surface area contributed by atoms with Crippen LogP contribution in [-0.2, 0) is 0 Å². The van der Waals surface area contributed by atoms with E-state index in [1.54, 1.807) is 4.68 Å². The SMILES string of the molecule is NC1(C2CC2)CN(c2nnnn2-c2ccccc2)C1. The summed E-state index contributed by atoms with van der Waals surface area (Å²) >= 11 is 0. The summed E-state index contributed by atoms with van der Waals surface area (Å²) in [6.07, 6.45) is 2.54. The van der Waals surface area contributed by atoms with Crippen molar-refractivity contribution in [1.29, 1.82) is 0 Å². The average molecular weight is 256 g/mol. The summed E-state index contributed by atoms with van der Waals surface area (Å²) in [4.78, 5) is 2.16. The molecule has 6 heteroatoms. The van der Waals surface area contributed by atoms with Gasteiger partial charge in [0.1, 0.15) is 0 Å². The summed E-state index contributed by atoms with van der Waals surface area (Å²) in [5.74, 6) is 1.48. The lowest BCUT2D eigenvalue weighted by Gasteiger charge is -2.48. The molecule has 6 nitrogen and oxygen atoms in total. The summed E-state index contributed by atoms with van der Waals surface area (Å²) in [5.41, 5.74) is 7.33. The Hall–Kier alpha value is -1.95. The summed E-state index contributed by atoms with van der Waals surface area (Å²) in [5, 5.41) is 12.0. The minimum absolute atomic E-state index is 0.0204. The van der Waals surface area contributed by atoms with Crippen LogP contribution in [0.3, 0.4) is 0 Å². The number of nitrogens with two attached hydrogens (primary N) is 1. The molecule has 1 aromatic carbocycles. The van der Waals surface area contributed by atoms with Gasteiger partial charge in [-0.1, -0.05) is 23.3 Å². The zero-order valence-corrected chi connectivity index (χ0v) is 10.6. The van der Waals surface area contributed by atoms with E-state index in [-0.39, 0.29) is 5.54 Å². The average Bonchev–Trinajstić information content (AvgIpc) is 3.14. The Kier molecular flexibility index (Phi) is 2.17. The molecule has 1 saturated carbocycles. The third-order valence-corrected chi connectivity index (χ3v) is 4.10. The van der Waals surface area contributed by atoms with Crippen LogP contribution in [0.1, 0.15) is 12.8 Å². The predicted octanol–water partition coefficient (Wildman–Crippen LogP) is 0.590. The molecule has 0 bridgehead atoms. The molecule has 0 spiro atoms. The molecule has 0 unspecified atom stereocenters. The fourth-order valence-electron chi connectivity index (χ4n) is 2.84. The van der Waals surface area contributed by atoms with Gasteiger partial charge in [-0.15, -0.1) is 0 Å². The Labute approximate surface area is 111 Å². The van der Waals surface area contributed by atoms with Crippen LogP contribution in [0.5, 0.6) is 0 Å². The number of anilines is 1. The maximum atomic E-state index is 6.37. The Morgan fingerprint density at radius 1 is 1.16 bits per heavy atom. The van der Waals surface area contributed by atoms with Gasteiger partial charge in [0.25, 0.3) is 0 Å². The first kappa shape index (κ1) is 10.9. The summed E-state index contributed by atoms with van der Waals surface area (Å²) in [7, 11) is 0. The van der Waals surface area contributed by atoms with Crippen molar-refractivity contribution >= 4 is 5.95 Å². The van der Waals surface area contributed by atoms with E-state index in [0.717, 1.165) is 24.7 Å². The second-order valence-electron chi connectivity index (χ2n) is 5.59. The third kappa shape index (κ3) is 1.71. The van der Waals surface area contributed by atoms with Crippen molar-refractivity contribution in [3.05, 3.63) is 30.3 Å². The largest absolute Gasteiger partial charge is 0.336 e. The second kappa shape index (κ2) is 3.77. The van der Waals surface area contributed by atoms with Gasteiger partial charge < -0.3 is 10.6 Å². The quantitative estimate of drug-likeness (QED) is 0.870. The Bertz CT molecular complexity index is 582. The highest BCUT2D eigenvalue weighted by atomic mass is 15.6. The molecule has 2 aliphatic rings. The van der Waals surface area contributed by atoms with Crippen LogP contribution in [0.25, 0.3) is 5.69 Å². The first-order valence-electron chi connectivity index (χ1n) is 6.64. The number of para-hydroxylation sites is 1. The predicted molar refractivity (Wildman–Crippen MR) is 71.0 cm³/mol. The van der Waals surface area contributed by atoms with Gasteiger partial charge in [0, 0.05) is 13.1 Å². The van der Waals surface area contributed by atoms with Crippen LogP contribution in [0.4, 0.5) is 5.95 Å². The molecular formula is C13H16N6. The lowest BCUT2D eigenvalue weighted by Crippen LogP contribution is -2.69. The maximum Gasteiger partial charge on any atom is 0.250 e. The second-order valence-corrected chi connectivity index (χ2v) is 5.59. The number of aromatic nitrogens is 4. The number of rotatable bonds is 3. The van der Waals surface area contributed by atoms with E-state index in [9.17, 15) is 0 Å². The zero-order chi connectivity index (χ0) is 12.9. The lowest BCUT2D eigenvalue weighted by molar-refractivity contribution is 0.286. The highest BCUT2D eigenvalue weighted by Gasteiger charge is 2.51. The topological polar surface area (TPSA) is 72.9 Å². The summed E-state index contributed by atoms with van der Waals surface area (Å²) in [6.45, 7) is 1.70. The van der Waals surface area contributed by atoms with Crippen molar-refractivity contribution in [2.45, 2.75) is 18.4 Å². The molecule has 4 rings (SSSR count). The van der Waals surface area contributed by atoms with Crippen LogP contribution in [0.2, 0.25) is 0 Å². The fraction of sp³-hybridized carbons (Fsp3) is 0.462. The smallest absolute Gasteiger partial charge is 0.250 e. The Morgan fingerprint density at radius 2 is 1.89 bits per heavy atom. The van der Waals surface area contributed by atoms with E-state index in [1.807, 2.05) is 30.3 Å². The van der Waals surface area contributed by atoms with Crippen molar-refractivity contribution in [2.24, 2.45) is 11.7 Å². The number of hydrogen-bond acceptors (Lipinski definition) is 5. The molecule has 0 atom stereocenters. The Morgan fingerprint density at radius 3 is 2.58 bits per heavy atom. The van der Waals surface area contributed by atoms with E-state index in [0.29, 0.717) is 5.92 Å². The fourth-order valence-corrected chi connectivity index (χ4v) is 2.84. The van der Waals surface area contributed by atoms with Crippen molar-refractivity contribution in [3.8, 4) is 5.69 Å². The van der Waals surface area contributed by atoms with Crippen molar-refractivity contribution < 1.29 is 0 Å². The molecule has 1 aliphatic heterocycles. The molecular weight excluding hydrogens is 240 g/mol. The van der Waals surface area contributed by atoms with Crippen molar-refractivity contribution in [2.75, 3.05) is 18.0 Å². The van der Waals surface area contributed by atoms with Crippen LogP contribution in [-0.4, -0.2) is 38.8 Å². The van der Waals surface area contributed by atoms with E-state index in [2.05, 4.69) is 20.4 Å².